The van der Waals surface area contributed by atoms with E-state index in [2.05, 4.69) is 17.2 Å². The quantitative estimate of drug-likeness (QED) is 0.352. The Labute approximate surface area is 101 Å². The Morgan fingerprint density at radius 1 is 1.41 bits per heavy atom. The lowest BCUT2D eigenvalue weighted by atomic mass is 10.2. The van der Waals surface area contributed by atoms with Gasteiger partial charge in [0.1, 0.15) is 6.54 Å². The van der Waals surface area contributed by atoms with Gasteiger partial charge in [-0.3, -0.25) is 4.79 Å². The molecular formula is C10H20N4O3. The normalized spacial score (nSPS) is 11.1. The van der Waals surface area contributed by atoms with Crippen molar-refractivity contribution >= 4 is 18.0 Å². The molecule has 0 rings (SSSR count). The van der Waals surface area contributed by atoms with E-state index in [4.69, 9.17) is 10.8 Å². The van der Waals surface area contributed by atoms with E-state index in [0.717, 1.165) is 19.3 Å². The molecule has 0 radical (unpaired) electrons. The van der Waals surface area contributed by atoms with E-state index in [-0.39, 0.29) is 12.5 Å². The van der Waals surface area contributed by atoms with Crippen LogP contribution in [0, 0.1) is 0 Å². The SMILES string of the molecule is CCCCCNC(=O)/N=C(/N)N(C)CC(=O)O. The molecule has 0 unspecified atom stereocenters. The predicted molar refractivity (Wildman–Crippen MR) is 64.8 cm³/mol. The molecule has 0 heterocycles. The Balaban J connectivity index is 4.00. The molecule has 0 bridgehead atoms. The average molecular weight is 244 g/mol. The van der Waals surface area contributed by atoms with Crippen molar-refractivity contribution in [2.75, 3.05) is 20.1 Å². The first-order chi connectivity index (χ1) is 7.97. The highest BCUT2D eigenvalue weighted by atomic mass is 16.4. The number of likely N-dealkylation sites (N-methyl/N-ethyl adjacent to an activating group) is 1. The number of carboxylic acid groups (broad SMARTS) is 1. The van der Waals surface area contributed by atoms with Crippen molar-refractivity contribution in [2.24, 2.45) is 10.7 Å². The minimum absolute atomic E-state index is 0.111. The Hall–Kier alpha value is -1.79. The number of aliphatic imine (C=N–C) groups is 1. The maximum atomic E-state index is 11.3. The summed E-state index contributed by atoms with van der Waals surface area (Å²) in [5, 5.41) is 11.1. The van der Waals surface area contributed by atoms with Crippen LogP contribution < -0.4 is 11.1 Å². The van der Waals surface area contributed by atoms with E-state index in [1.54, 1.807) is 0 Å². The van der Waals surface area contributed by atoms with Crippen LogP contribution >= 0.6 is 0 Å². The van der Waals surface area contributed by atoms with Crippen LogP contribution in [0.1, 0.15) is 26.2 Å². The molecule has 4 N–H and O–H groups in total. The molecule has 0 saturated heterocycles. The second-order valence-electron chi connectivity index (χ2n) is 3.66. The predicted octanol–water partition coefficient (Wildman–Crippen LogP) is 0.217. The largest absolute Gasteiger partial charge is 0.480 e. The summed E-state index contributed by atoms with van der Waals surface area (Å²) in [7, 11) is 1.46. The zero-order valence-electron chi connectivity index (χ0n) is 10.3. The summed E-state index contributed by atoms with van der Waals surface area (Å²) >= 11 is 0. The third kappa shape index (κ3) is 8.06. The second kappa shape index (κ2) is 8.37. The maximum absolute atomic E-state index is 11.3. The monoisotopic (exact) mass is 244 g/mol. The lowest BCUT2D eigenvalue weighted by Crippen LogP contribution is -2.39. The molecule has 98 valence electrons. The Bertz CT molecular complexity index is 291. The van der Waals surface area contributed by atoms with Gasteiger partial charge in [-0.15, -0.1) is 0 Å². The molecule has 0 spiro atoms. The molecule has 0 aliphatic heterocycles. The number of hydrogen-bond acceptors (Lipinski definition) is 2. The van der Waals surface area contributed by atoms with Crippen molar-refractivity contribution in [3.05, 3.63) is 0 Å². The fourth-order valence-electron chi connectivity index (χ4n) is 1.08. The van der Waals surface area contributed by atoms with Crippen molar-refractivity contribution in [2.45, 2.75) is 26.2 Å². The summed E-state index contributed by atoms with van der Waals surface area (Å²) in [6, 6.07) is -0.546. The number of carbonyl (C=O) groups excluding carboxylic acids is 1. The van der Waals surface area contributed by atoms with Crippen molar-refractivity contribution in [1.29, 1.82) is 0 Å². The highest BCUT2D eigenvalue weighted by molar-refractivity contribution is 5.92. The summed E-state index contributed by atoms with van der Waals surface area (Å²) < 4.78 is 0. The van der Waals surface area contributed by atoms with E-state index in [9.17, 15) is 9.59 Å². The van der Waals surface area contributed by atoms with Gasteiger partial charge in [0, 0.05) is 13.6 Å². The molecule has 7 nitrogen and oxygen atoms in total. The lowest BCUT2D eigenvalue weighted by molar-refractivity contribution is -0.137. The summed E-state index contributed by atoms with van der Waals surface area (Å²) in [6.07, 6.45) is 3.00. The van der Waals surface area contributed by atoms with Gasteiger partial charge in [-0.2, -0.15) is 4.99 Å². The molecule has 2 amide bonds. The van der Waals surface area contributed by atoms with Crippen LogP contribution in [0.25, 0.3) is 0 Å². The second-order valence-corrected chi connectivity index (χ2v) is 3.66. The standard InChI is InChI=1S/C10H20N4O3/c1-3-4-5-6-12-10(17)13-9(11)14(2)7-8(15)16/h3-7H2,1-2H3,(H,15,16)(H3,11,12,13,17). The van der Waals surface area contributed by atoms with Gasteiger partial charge < -0.3 is 21.1 Å². The molecule has 0 aromatic heterocycles. The van der Waals surface area contributed by atoms with E-state index in [0.29, 0.717) is 6.54 Å². The molecule has 0 aliphatic carbocycles. The number of nitrogens with zero attached hydrogens (tertiary/aromatic N) is 2. The van der Waals surface area contributed by atoms with E-state index in [1.807, 2.05) is 0 Å². The molecule has 17 heavy (non-hydrogen) atoms. The Morgan fingerprint density at radius 3 is 2.59 bits per heavy atom. The Kier molecular flexibility index (Phi) is 7.49. The number of unbranched alkanes of at least 4 members (excludes halogenated alkanes) is 2. The van der Waals surface area contributed by atoms with Gasteiger partial charge in [0.25, 0.3) is 0 Å². The van der Waals surface area contributed by atoms with Crippen LogP contribution in [-0.4, -0.2) is 48.1 Å². The fraction of sp³-hybridized carbons (Fsp3) is 0.700. The highest BCUT2D eigenvalue weighted by Gasteiger charge is 2.08. The topological polar surface area (TPSA) is 108 Å². The van der Waals surface area contributed by atoms with Crippen LogP contribution in [-0.2, 0) is 4.79 Å². The van der Waals surface area contributed by atoms with E-state index < -0.39 is 12.0 Å². The Morgan fingerprint density at radius 2 is 2.06 bits per heavy atom. The van der Waals surface area contributed by atoms with Crippen molar-refractivity contribution in [3.63, 3.8) is 0 Å². The number of rotatable bonds is 6. The number of guanidine groups is 1. The highest BCUT2D eigenvalue weighted by Crippen LogP contribution is 1.91. The smallest absolute Gasteiger partial charge is 0.344 e. The third-order valence-corrected chi connectivity index (χ3v) is 2.04. The molecule has 0 aromatic rings. The van der Waals surface area contributed by atoms with Crippen LogP contribution in [0.3, 0.4) is 0 Å². The molecule has 0 atom stereocenters. The van der Waals surface area contributed by atoms with Gasteiger partial charge in [-0.1, -0.05) is 19.8 Å². The number of carboxylic acids is 1. The lowest BCUT2D eigenvalue weighted by Gasteiger charge is -2.14. The first-order valence-electron chi connectivity index (χ1n) is 5.52. The molecule has 7 heteroatoms. The summed E-state index contributed by atoms with van der Waals surface area (Å²) in [5.74, 6) is -1.14. The summed E-state index contributed by atoms with van der Waals surface area (Å²) in [5.41, 5.74) is 5.45. The number of aliphatic carboxylic acids is 1. The minimum Gasteiger partial charge on any atom is -0.480 e. The van der Waals surface area contributed by atoms with E-state index >= 15 is 0 Å². The number of nitrogens with one attached hydrogen (secondary N) is 1. The molecule has 0 aliphatic rings. The number of hydrogen-bond donors (Lipinski definition) is 3. The van der Waals surface area contributed by atoms with Gasteiger partial charge in [0.05, 0.1) is 0 Å². The first kappa shape index (κ1) is 15.2. The van der Waals surface area contributed by atoms with Gasteiger partial charge in [0.2, 0.25) is 5.96 Å². The number of urea groups is 1. The van der Waals surface area contributed by atoms with E-state index in [1.165, 1.54) is 11.9 Å². The van der Waals surface area contributed by atoms with Crippen LogP contribution in [0.15, 0.2) is 4.99 Å². The fourth-order valence-corrected chi connectivity index (χ4v) is 1.08. The first-order valence-corrected chi connectivity index (χ1v) is 5.52. The molecule has 0 fully saturated rings. The van der Waals surface area contributed by atoms with Gasteiger partial charge in [-0.25, -0.2) is 4.79 Å². The number of carbonyl (C=O) groups is 2. The number of amides is 2. The maximum Gasteiger partial charge on any atom is 0.344 e. The van der Waals surface area contributed by atoms with Gasteiger partial charge >= 0.3 is 12.0 Å². The zero-order valence-corrected chi connectivity index (χ0v) is 10.3. The van der Waals surface area contributed by atoms with Gasteiger partial charge in [-0.05, 0) is 6.42 Å². The summed E-state index contributed by atoms with van der Waals surface area (Å²) in [6.45, 7) is 2.32. The van der Waals surface area contributed by atoms with Crippen molar-refractivity contribution < 1.29 is 14.7 Å². The van der Waals surface area contributed by atoms with Crippen LogP contribution in [0.4, 0.5) is 4.79 Å². The van der Waals surface area contributed by atoms with Gasteiger partial charge in [0.15, 0.2) is 0 Å². The van der Waals surface area contributed by atoms with Crippen molar-refractivity contribution in [3.8, 4) is 0 Å². The molecular weight excluding hydrogens is 224 g/mol. The molecule has 0 aromatic carbocycles. The average Bonchev–Trinajstić information content (AvgIpc) is 2.23. The van der Waals surface area contributed by atoms with Crippen LogP contribution in [0.2, 0.25) is 0 Å². The molecule has 0 saturated carbocycles. The summed E-state index contributed by atoms with van der Waals surface area (Å²) in [4.78, 5) is 26.4. The number of nitrogens with two attached hydrogens (primary N) is 1. The minimum atomic E-state index is -1.03. The van der Waals surface area contributed by atoms with Crippen LogP contribution in [0.5, 0.6) is 0 Å². The third-order valence-electron chi connectivity index (χ3n) is 2.04. The zero-order chi connectivity index (χ0) is 13.3. The van der Waals surface area contributed by atoms with Crippen molar-refractivity contribution in [1.82, 2.24) is 10.2 Å².